The van der Waals surface area contributed by atoms with Gasteiger partial charge in [-0.05, 0) is 18.2 Å². The molecule has 0 aliphatic carbocycles. The molecule has 4 heterocycles. The lowest BCUT2D eigenvalue weighted by molar-refractivity contribution is 0.102. The minimum absolute atomic E-state index is 0.180. The van der Waals surface area contributed by atoms with Gasteiger partial charge in [0.05, 0.1) is 25.1 Å². The summed E-state index contributed by atoms with van der Waals surface area (Å²) in [6.45, 7) is 0. The second kappa shape index (κ2) is 5.52. The first kappa shape index (κ1) is 14.5. The van der Waals surface area contributed by atoms with Crippen LogP contribution in [0.15, 0.2) is 41.0 Å². The highest BCUT2D eigenvalue weighted by Crippen LogP contribution is 2.32. The van der Waals surface area contributed by atoms with Crippen molar-refractivity contribution in [2.24, 2.45) is 7.05 Å². The second-order valence-corrected chi connectivity index (χ2v) is 7.65. The van der Waals surface area contributed by atoms with E-state index in [4.69, 9.17) is 16.0 Å². The average Bonchev–Trinajstić information content (AvgIpc) is 3.22. The number of aryl methyl sites for hydroxylation is 1. The van der Waals surface area contributed by atoms with Gasteiger partial charge in [0.25, 0.3) is 5.91 Å². The van der Waals surface area contributed by atoms with Crippen molar-refractivity contribution in [2.45, 2.75) is 0 Å². The van der Waals surface area contributed by atoms with Crippen LogP contribution in [-0.2, 0) is 7.05 Å². The van der Waals surface area contributed by atoms with E-state index in [9.17, 15) is 4.79 Å². The molecule has 0 aliphatic rings. The number of hydrogen-bond acceptors (Lipinski definition) is 5. The molecule has 0 spiro atoms. The molecule has 5 nitrogen and oxygen atoms in total. The molecular weight excluding hydrogens is 354 g/mol. The standard InChI is InChI=1S/C15H10ClN3O2S2/c1-19-14(6-8(18-19)10-2-3-13(16)23-10)17-15(20)12-7-9-11(22-12)4-5-21-9/h2-7H,1H3,(H,17,20). The van der Waals surface area contributed by atoms with E-state index in [1.165, 1.54) is 22.7 Å². The van der Waals surface area contributed by atoms with Gasteiger partial charge < -0.3 is 9.73 Å². The number of nitrogens with one attached hydrogen (secondary N) is 1. The Hall–Kier alpha value is -2.09. The fourth-order valence-corrected chi connectivity index (χ4v) is 4.09. The van der Waals surface area contributed by atoms with Gasteiger partial charge in [-0.3, -0.25) is 9.48 Å². The molecule has 23 heavy (non-hydrogen) atoms. The predicted octanol–water partition coefficient (Wildman–Crippen LogP) is 4.86. The predicted molar refractivity (Wildman–Crippen MR) is 93.6 cm³/mol. The number of thiophene rings is 2. The molecule has 8 heteroatoms. The summed E-state index contributed by atoms with van der Waals surface area (Å²) in [6, 6.07) is 9.16. The van der Waals surface area contributed by atoms with Crippen LogP contribution in [0.3, 0.4) is 0 Å². The van der Waals surface area contributed by atoms with Crippen LogP contribution < -0.4 is 5.32 Å². The van der Waals surface area contributed by atoms with E-state index in [0.717, 1.165) is 20.9 Å². The van der Waals surface area contributed by atoms with Gasteiger partial charge in [-0.25, -0.2) is 0 Å². The van der Waals surface area contributed by atoms with Crippen LogP contribution in [-0.4, -0.2) is 15.7 Å². The van der Waals surface area contributed by atoms with Crippen LogP contribution in [0.1, 0.15) is 9.67 Å². The van der Waals surface area contributed by atoms with Crippen LogP contribution in [0.25, 0.3) is 20.9 Å². The third-order valence-electron chi connectivity index (χ3n) is 3.31. The van der Waals surface area contributed by atoms with Crippen LogP contribution in [0.4, 0.5) is 5.82 Å². The molecule has 0 aliphatic heterocycles. The maximum absolute atomic E-state index is 12.4. The Bertz CT molecular complexity index is 983. The van der Waals surface area contributed by atoms with Crippen molar-refractivity contribution >= 4 is 56.3 Å². The molecule has 0 saturated heterocycles. The lowest BCUT2D eigenvalue weighted by Crippen LogP contribution is -2.13. The van der Waals surface area contributed by atoms with Crippen molar-refractivity contribution in [3.63, 3.8) is 0 Å². The van der Waals surface area contributed by atoms with Crippen molar-refractivity contribution in [1.29, 1.82) is 0 Å². The maximum atomic E-state index is 12.4. The van der Waals surface area contributed by atoms with Crippen molar-refractivity contribution in [2.75, 3.05) is 5.32 Å². The molecule has 1 amide bonds. The number of nitrogens with zero attached hydrogens (tertiary/aromatic N) is 2. The van der Waals surface area contributed by atoms with Gasteiger partial charge in [0.2, 0.25) is 0 Å². The molecule has 0 fully saturated rings. The SMILES string of the molecule is Cn1nc(-c2ccc(Cl)s2)cc1NC(=O)c1cc2occc2s1. The van der Waals surface area contributed by atoms with Crippen molar-refractivity contribution in [3.8, 4) is 10.6 Å². The molecule has 4 rings (SSSR count). The smallest absolute Gasteiger partial charge is 0.267 e. The molecule has 0 unspecified atom stereocenters. The van der Waals surface area contributed by atoms with E-state index in [2.05, 4.69) is 10.4 Å². The van der Waals surface area contributed by atoms with Crippen molar-refractivity contribution < 1.29 is 9.21 Å². The largest absolute Gasteiger partial charge is 0.463 e. The van der Waals surface area contributed by atoms with Gasteiger partial charge in [-0.2, -0.15) is 5.10 Å². The van der Waals surface area contributed by atoms with Crippen LogP contribution in [0.2, 0.25) is 4.34 Å². The Balaban J connectivity index is 1.59. The van der Waals surface area contributed by atoms with Crippen LogP contribution in [0, 0.1) is 0 Å². The summed E-state index contributed by atoms with van der Waals surface area (Å²) >= 11 is 8.80. The number of fused-ring (bicyclic) bond motifs is 1. The number of rotatable bonds is 3. The minimum atomic E-state index is -0.180. The topological polar surface area (TPSA) is 60.1 Å². The molecule has 0 aromatic carbocycles. The molecule has 0 atom stereocenters. The highest BCUT2D eigenvalue weighted by Gasteiger charge is 2.15. The Morgan fingerprint density at radius 2 is 2.17 bits per heavy atom. The molecular formula is C15H10ClN3O2S2. The maximum Gasteiger partial charge on any atom is 0.267 e. The van der Waals surface area contributed by atoms with Gasteiger partial charge in [-0.15, -0.1) is 22.7 Å². The van der Waals surface area contributed by atoms with E-state index in [-0.39, 0.29) is 5.91 Å². The molecule has 1 N–H and O–H groups in total. The molecule has 116 valence electrons. The van der Waals surface area contributed by atoms with Gasteiger partial charge in [0, 0.05) is 19.2 Å². The van der Waals surface area contributed by atoms with Gasteiger partial charge in [0.1, 0.15) is 17.1 Å². The van der Waals surface area contributed by atoms with Crippen molar-refractivity contribution in [3.05, 3.63) is 45.8 Å². The lowest BCUT2D eigenvalue weighted by Gasteiger charge is -2.02. The third kappa shape index (κ3) is 2.67. The quantitative estimate of drug-likeness (QED) is 0.565. The summed E-state index contributed by atoms with van der Waals surface area (Å²) in [4.78, 5) is 13.9. The number of carbonyl (C=O) groups is 1. The Morgan fingerprint density at radius 3 is 2.91 bits per heavy atom. The van der Waals surface area contributed by atoms with E-state index in [0.29, 0.717) is 15.0 Å². The Labute approximate surface area is 144 Å². The van der Waals surface area contributed by atoms with Crippen LogP contribution >= 0.6 is 34.3 Å². The summed E-state index contributed by atoms with van der Waals surface area (Å²) in [5, 5.41) is 7.29. The summed E-state index contributed by atoms with van der Waals surface area (Å²) < 4.78 is 8.58. The molecule has 0 radical (unpaired) electrons. The highest BCUT2D eigenvalue weighted by molar-refractivity contribution is 7.20. The van der Waals surface area contributed by atoms with E-state index < -0.39 is 0 Å². The monoisotopic (exact) mass is 363 g/mol. The molecule has 0 bridgehead atoms. The number of hydrogen-bond donors (Lipinski definition) is 1. The fraction of sp³-hybridized carbons (Fsp3) is 0.0667. The first-order valence-corrected chi connectivity index (χ1v) is 8.69. The number of anilines is 1. The first-order valence-electron chi connectivity index (χ1n) is 6.68. The highest BCUT2D eigenvalue weighted by atomic mass is 35.5. The van der Waals surface area contributed by atoms with Gasteiger partial charge in [0.15, 0.2) is 0 Å². The van der Waals surface area contributed by atoms with Gasteiger partial charge in [-0.1, -0.05) is 11.6 Å². The Kier molecular flexibility index (Phi) is 3.48. The second-order valence-electron chi connectivity index (χ2n) is 4.86. The number of aromatic nitrogens is 2. The summed E-state index contributed by atoms with van der Waals surface area (Å²) in [6.07, 6.45) is 1.61. The first-order chi connectivity index (χ1) is 11.1. The summed E-state index contributed by atoms with van der Waals surface area (Å²) in [5.74, 6) is 0.444. The Morgan fingerprint density at radius 1 is 1.30 bits per heavy atom. The molecule has 4 aromatic heterocycles. The zero-order valence-electron chi connectivity index (χ0n) is 11.9. The number of carbonyl (C=O) groups excluding carboxylic acids is 1. The lowest BCUT2D eigenvalue weighted by atomic mass is 10.3. The number of halogens is 1. The summed E-state index contributed by atoms with van der Waals surface area (Å²) in [5.41, 5.74) is 1.50. The minimum Gasteiger partial charge on any atom is -0.463 e. The van der Waals surface area contributed by atoms with E-state index in [1.54, 1.807) is 24.1 Å². The van der Waals surface area contributed by atoms with E-state index >= 15 is 0 Å². The zero-order chi connectivity index (χ0) is 16.0. The number of furan rings is 1. The summed E-state index contributed by atoms with van der Waals surface area (Å²) in [7, 11) is 1.79. The number of amides is 1. The average molecular weight is 364 g/mol. The van der Waals surface area contributed by atoms with Crippen LogP contribution in [0.5, 0.6) is 0 Å². The third-order valence-corrected chi connectivity index (χ3v) is 5.64. The van der Waals surface area contributed by atoms with E-state index in [1.807, 2.05) is 24.3 Å². The normalized spacial score (nSPS) is 11.2. The zero-order valence-corrected chi connectivity index (χ0v) is 14.3. The van der Waals surface area contributed by atoms with Gasteiger partial charge >= 0.3 is 0 Å². The molecule has 4 aromatic rings. The fourth-order valence-electron chi connectivity index (χ4n) is 2.21. The molecule has 0 saturated carbocycles. The van der Waals surface area contributed by atoms with Crippen molar-refractivity contribution in [1.82, 2.24) is 9.78 Å².